The summed E-state index contributed by atoms with van der Waals surface area (Å²) in [6, 6.07) is 6.50. The first kappa shape index (κ1) is 29.8. The van der Waals surface area contributed by atoms with Crippen LogP contribution in [0.1, 0.15) is 38.5 Å². The minimum atomic E-state index is -0.937. The molecule has 0 spiro atoms. The van der Waals surface area contributed by atoms with Crippen LogP contribution in [0.3, 0.4) is 0 Å². The number of anilines is 2. The number of nitrogens with two attached hydrogens (primary N) is 1. The number of halogens is 4. The van der Waals surface area contributed by atoms with Gasteiger partial charge in [0.1, 0.15) is 29.9 Å². The van der Waals surface area contributed by atoms with Crippen molar-refractivity contribution in [2.24, 2.45) is 5.92 Å². The van der Waals surface area contributed by atoms with Crippen molar-refractivity contribution < 1.29 is 17.9 Å². The van der Waals surface area contributed by atoms with Gasteiger partial charge in [-0.2, -0.15) is 15.2 Å². The lowest BCUT2D eigenvalue weighted by Crippen LogP contribution is -2.43. The van der Waals surface area contributed by atoms with Crippen LogP contribution in [0.5, 0.6) is 6.01 Å². The van der Waals surface area contributed by atoms with E-state index >= 15 is 4.39 Å². The molecule has 0 aliphatic carbocycles. The minimum Gasteiger partial charge on any atom is -0.461 e. The van der Waals surface area contributed by atoms with E-state index < -0.39 is 23.3 Å². The molecule has 8 nitrogen and oxygen atoms in total. The highest BCUT2D eigenvalue weighted by molar-refractivity contribution is 7.23. The lowest BCUT2D eigenvalue weighted by Gasteiger charge is -2.31. The highest BCUT2D eigenvalue weighted by Crippen LogP contribution is 2.49. The second-order valence-corrected chi connectivity index (χ2v) is 13.6. The molecule has 3 aliphatic rings. The van der Waals surface area contributed by atoms with Crippen LogP contribution in [0, 0.1) is 35.5 Å². The third-order valence-corrected chi connectivity index (χ3v) is 10.8. The van der Waals surface area contributed by atoms with Crippen LogP contribution in [-0.4, -0.2) is 59.4 Å². The third kappa shape index (κ3) is 5.00. The summed E-state index contributed by atoms with van der Waals surface area (Å²) in [4.78, 5) is 16.9. The van der Waals surface area contributed by atoms with E-state index in [2.05, 4.69) is 20.8 Å². The summed E-state index contributed by atoms with van der Waals surface area (Å²) in [6.45, 7) is 10.1. The molecule has 4 aromatic rings. The van der Waals surface area contributed by atoms with Gasteiger partial charge in [0.25, 0.3) is 0 Å². The molecule has 45 heavy (non-hydrogen) atoms. The third-order valence-electron chi connectivity index (χ3n) is 9.46. The molecule has 2 aromatic carbocycles. The number of thiophene rings is 1. The van der Waals surface area contributed by atoms with Gasteiger partial charge in [0.05, 0.1) is 32.9 Å². The molecular formula is C32H29ClF3N7OS. The maximum atomic E-state index is 16.9. The highest BCUT2D eigenvalue weighted by atomic mass is 35.5. The Morgan fingerprint density at radius 3 is 2.87 bits per heavy atom. The van der Waals surface area contributed by atoms with Gasteiger partial charge in [-0.3, -0.25) is 4.90 Å². The topological polar surface area (TPSA) is 95.7 Å². The zero-order chi connectivity index (χ0) is 31.5. The van der Waals surface area contributed by atoms with Crippen LogP contribution in [0.15, 0.2) is 18.2 Å². The Morgan fingerprint density at radius 1 is 1.22 bits per heavy atom. The van der Waals surface area contributed by atoms with Crippen molar-refractivity contribution >= 4 is 60.4 Å². The molecule has 0 bridgehead atoms. The monoisotopic (exact) mass is 651 g/mol. The molecule has 232 valence electrons. The van der Waals surface area contributed by atoms with Crippen LogP contribution >= 0.6 is 22.9 Å². The van der Waals surface area contributed by atoms with E-state index in [1.807, 2.05) is 4.90 Å². The molecule has 0 amide bonds. The van der Waals surface area contributed by atoms with Gasteiger partial charge >= 0.3 is 6.01 Å². The summed E-state index contributed by atoms with van der Waals surface area (Å²) in [6.07, 6.45) is 3.26. The van der Waals surface area contributed by atoms with Crippen LogP contribution in [-0.2, 0) is 0 Å². The van der Waals surface area contributed by atoms with Crippen LogP contribution < -0.4 is 15.4 Å². The Bertz CT molecular complexity index is 1920. The minimum absolute atomic E-state index is 0.0344. The maximum absolute atomic E-state index is 16.9. The highest BCUT2D eigenvalue weighted by Gasteiger charge is 2.49. The molecule has 2 aromatic heterocycles. The predicted octanol–water partition coefficient (Wildman–Crippen LogP) is 7.66. The van der Waals surface area contributed by atoms with E-state index in [9.17, 15) is 14.0 Å². The number of aromatic nitrogens is 2. The molecule has 3 aliphatic heterocycles. The average molecular weight is 652 g/mol. The first-order chi connectivity index (χ1) is 21.7. The fourth-order valence-electron chi connectivity index (χ4n) is 7.29. The van der Waals surface area contributed by atoms with Gasteiger partial charge in [-0.1, -0.05) is 17.7 Å². The largest absolute Gasteiger partial charge is 0.461 e. The van der Waals surface area contributed by atoms with Crippen molar-refractivity contribution in [3.63, 3.8) is 0 Å². The van der Waals surface area contributed by atoms with Crippen molar-refractivity contribution in [1.82, 2.24) is 14.9 Å². The summed E-state index contributed by atoms with van der Waals surface area (Å²) in [7, 11) is 0. The van der Waals surface area contributed by atoms with Gasteiger partial charge in [0.15, 0.2) is 5.82 Å². The van der Waals surface area contributed by atoms with Crippen molar-refractivity contribution in [1.29, 1.82) is 5.26 Å². The fourth-order valence-corrected chi connectivity index (χ4v) is 8.52. The molecular weight excluding hydrogens is 623 g/mol. The van der Waals surface area contributed by atoms with E-state index in [1.165, 1.54) is 12.1 Å². The van der Waals surface area contributed by atoms with Crippen molar-refractivity contribution in [3.05, 3.63) is 46.3 Å². The van der Waals surface area contributed by atoms with Gasteiger partial charge in [-0.25, -0.2) is 18.0 Å². The van der Waals surface area contributed by atoms with Gasteiger partial charge < -0.3 is 15.4 Å². The maximum Gasteiger partial charge on any atom is 0.319 e. The summed E-state index contributed by atoms with van der Waals surface area (Å²) in [5.41, 5.74) is 5.77. The Labute approximate surface area is 267 Å². The molecule has 3 atom stereocenters. The summed E-state index contributed by atoms with van der Waals surface area (Å²) in [5.74, 6) is -1.00. The van der Waals surface area contributed by atoms with Crippen molar-refractivity contribution in [3.8, 4) is 23.2 Å². The molecule has 3 fully saturated rings. The molecule has 0 radical (unpaired) electrons. The fraction of sp³-hybridized carbons (Fsp3) is 0.438. The lowest BCUT2D eigenvalue weighted by molar-refractivity contribution is 0.107. The quantitative estimate of drug-likeness (QED) is 0.221. The number of nitrogen functional groups attached to an aromatic ring is 1. The number of hydrogen-bond donors (Lipinski definition) is 1. The second-order valence-electron chi connectivity index (χ2n) is 12.1. The number of nitriles is 1. The van der Waals surface area contributed by atoms with E-state index in [1.54, 1.807) is 6.07 Å². The number of ether oxygens (including phenoxy) is 1. The average Bonchev–Trinajstić information content (AvgIpc) is 3.59. The Kier molecular flexibility index (Phi) is 7.63. The van der Waals surface area contributed by atoms with E-state index in [0.29, 0.717) is 43.7 Å². The van der Waals surface area contributed by atoms with Gasteiger partial charge in [0.2, 0.25) is 5.69 Å². The zero-order valence-electron chi connectivity index (χ0n) is 24.3. The molecule has 3 saturated heterocycles. The van der Waals surface area contributed by atoms with Crippen LogP contribution in [0.4, 0.5) is 29.7 Å². The number of alkyl halides is 1. The predicted molar refractivity (Wildman–Crippen MR) is 170 cm³/mol. The number of hydrogen-bond acceptors (Lipinski definition) is 8. The first-order valence-electron chi connectivity index (χ1n) is 15.0. The van der Waals surface area contributed by atoms with E-state index in [0.717, 1.165) is 43.6 Å². The van der Waals surface area contributed by atoms with E-state index in [-0.39, 0.29) is 61.0 Å². The second kappa shape index (κ2) is 11.5. The standard InChI is InChI=1S/C32H29ClF3N7OS/c1-39-27-24-19(5-6-22(35)28(24)45-29(27)38)23-21(33)12-20-26(25(23)36)40-31(41-30(20)42-9-2-4-17(14-37)7-11-42)44-16-32-8-3-10-43(32)15-18(34)13-32/h5-6,12,17-18H,2-4,7-11,13,15-16,38H2/t17?,18-,32+/m1/s1. The van der Waals surface area contributed by atoms with Gasteiger partial charge in [-0.15, -0.1) is 11.3 Å². The zero-order valence-corrected chi connectivity index (χ0v) is 25.8. The summed E-state index contributed by atoms with van der Waals surface area (Å²) >= 11 is 7.73. The normalized spacial score (nSPS) is 23.6. The molecule has 13 heteroatoms. The molecule has 0 saturated carbocycles. The molecule has 5 heterocycles. The number of benzene rings is 2. The number of rotatable bonds is 5. The molecule has 2 N–H and O–H groups in total. The van der Waals surface area contributed by atoms with Crippen LogP contribution in [0.25, 0.3) is 37.0 Å². The number of fused-ring (bicyclic) bond motifs is 3. The Hall–Kier alpha value is -3.84. The van der Waals surface area contributed by atoms with Gasteiger partial charge in [0, 0.05) is 48.3 Å². The van der Waals surface area contributed by atoms with Crippen LogP contribution in [0.2, 0.25) is 5.02 Å². The Morgan fingerprint density at radius 2 is 2.07 bits per heavy atom. The van der Waals surface area contributed by atoms with Gasteiger partial charge in [-0.05, 0) is 56.3 Å². The van der Waals surface area contributed by atoms with E-state index in [4.69, 9.17) is 33.6 Å². The number of nitrogens with zero attached hydrogens (tertiary/aromatic N) is 6. The first-order valence-corrected chi connectivity index (χ1v) is 16.2. The summed E-state index contributed by atoms with van der Waals surface area (Å²) < 4.78 is 52.5. The Balaban J connectivity index is 1.39. The van der Waals surface area contributed by atoms with Crippen molar-refractivity contribution in [2.75, 3.05) is 43.4 Å². The lowest BCUT2D eigenvalue weighted by atomic mass is 9.95. The molecule has 7 rings (SSSR count). The SMILES string of the molecule is [C-]#[N+]c1c(N)sc2c(F)ccc(-c3c(Cl)cc4c(N5CCCC(C#N)CC5)nc(OC[C@@]56CCCN5C[C@H](F)C6)nc4c3F)c12. The molecule has 1 unspecified atom stereocenters. The summed E-state index contributed by atoms with van der Waals surface area (Å²) in [5, 5.41) is 10.3. The smallest absolute Gasteiger partial charge is 0.319 e. The van der Waals surface area contributed by atoms with Crippen molar-refractivity contribution in [2.45, 2.75) is 50.2 Å².